The summed E-state index contributed by atoms with van der Waals surface area (Å²) in [5, 5.41) is 34.4. The van der Waals surface area contributed by atoms with Gasteiger partial charge in [-0.25, -0.2) is 4.79 Å². The van der Waals surface area contributed by atoms with Crippen LogP contribution in [-0.4, -0.2) is 87.6 Å². The summed E-state index contributed by atoms with van der Waals surface area (Å²) >= 11 is 0. The first-order valence-corrected chi connectivity index (χ1v) is 11.9. The molecule has 0 heterocycles. The maximum atomic E-state index is 13.1. The van der Waals surface area contributed by atoms with Crippen molar-refractivity contribution >= 4 is 41.5 Å². The van der Waals surface area contributed by atoms with E-state index < -0.39 is 72.6 Å². The molecular formula is C23H34N8O9. The van der Waals surface area contributed by atoms with Crippen LogP contribution < -0.4 is 38.9 Å². The van der Waals surface area contributed by atoms with E-state index in [0.29, 0.717) is 5.56 Å². The second-order valence-corrected chi connectivity index (χ2v) is 8.72. The Morgan fingerprint density at radius 3 is 1.88 bits per heavy atom. The molecule has 220 valence electrons. The van der Waals surface area contributed by atoms with E-state index in [0.717, 1.165) is 0 Å². The number of amides is 4. The summed E-state index contributed by atoms with van der Waals surface area (Å²) in [6.07, 6.45) is -1.55. The first-order chi connectivity index (χ1) is 18.7. The molecule has 0 spiro atoms. The number of carboxylic acids is 2. The zero-order valence-corrected chi connectivity index (χ0v) is 21.4. The zero-order valence-electron chi connectivity index (χ0n) is 21.4. The van der Waals surface area contributed by atoms with Gasteiger partial charge in [0.15, 0.2) is 5.96 Å². The smallest absolute Gasteiger partial charge is 0.326 e. The van der Waals surface area contributed by atoms with Crippen LogP contribution in [-0.2, 0) is 35.2 Å². The van der Waals surface area contributed by atoms with Crippen LogP contribution in [0.25, 0.3) is 0 Å². The number of guanidine groups is 1. The number of aliphatic carboxylic acids is 2. The minimum atomic E-state index is -1.78. The Bertz CT molecular complexity index is 1110. The van der Waals surface area contributed by atoms with Crippen LogP contribution in [0, 0.1) is 0 Å². The van der Waals surface area contributed by atoms with Crippen molar-refractivity contribution < 1.29 is 44.1 Å². The number of phenols is 1. The van der Waals surface area contributed by atoms with Crippen LogP contribution in [0.3, 0.4) is 0 Å². The Morgan fingerprint density at radius 2 is 1.35 bits per heavy atom. The number of rotatable bonds is 17. The number of benzene rings is 1. The predicted octanol–water partition coefficient (Wildman–Crippen LogP) is -3.80. The van der Waals surface area contributed by atoms with Crippen molar-refractivity contribution in [1.82, 2.24) is 16.0 Å². The van der Waals surface area contributed by atoms with Crippen LogP contribution in [0.2, 0.25) is 0 Å². The van der Waals surface area contributed by atoms with Crippen LogP contribution >= 0.6 is 0 Å². The number of aliphatic imine (C=N–C) groups is 1. The van der Waals surface area contributed by atoms with Crippen LogP contribution in [0.5, 0.6) is 5.75 Å². The first kappa shape index (κ1) is 33.1. The van der Waals surface area contributed by atoms with Crippen LogP contribution in [0.15, 0.2) is 29.3 Å². The SMILES string of the molecule is NC(=O)CC(NC(=O)C(CC(=O)O)NC(=O)C(CCCN=C(N)N)NC(=O)C(N)Cc1ccc(O)cc1)C(=O)O. The number of primary amides is 1. The molecule has 0 aliphatic carbocycles. The van der Waals surface area contributed by atoms with Gasteiger partial charge in [-0.05, 0) is 37.0 Å². The minimum absolute atomic E-state index is 0.0172. The lowest BCUT2D eigenvalue weighted by Gasteiger charge is -2.24. The van der Waals surface area contributed by atoms with Crippen molar-refractivity contribution in [3.63, 3.8) is 0 Å². The Kier molecular flexibility index (Phi) is 13.3. The van der Waals surface area contributed by atoms with E-state index in [4.69, 9.17) is 22.9 Å². The van der Waals surface area contributed by atoms with Gasteiger partial charge in [-0.2, -0.15) is 0 Å². The van der Waals surface area contributed by atoms with Crippen molar-refractivity contribution in [3.05, 3.63) is 29.8 Å². The number of phenolic OH excluding ortho intramolecular Hbond substituents is 1. The standard InChI is InChI=1S/C23H34N8O9/c24-13(8-11-3-5-12(32)6-4-11)19(36)29-14(2-1-7-28-23(26)27)20(37)30-15(10-18(34)35)21(38)31-16(22(39)40)9-17(25)33/h3-6,13-16,32H,1-2,7-10,24H2,(H2,25,33)(H,29,36)(H,30,37)(H,31,38)(H,34,35)(H,39,40)(H4,26,27,28). The summed E-state index contributed by atoms with van der Waals surface area (Å²) in [5.41, 5.74) is 22.1. The highest BCUT2D eigenvalue weighted by molar-refractivity contribution is 5.96. The number of nitrogens with one attached hydrogen (secondary N) is 3. The molecule has 4 atom stereocenters. The third-order valence-corrected chi connectivity index (χ3v) is 5.34. The molecule has 40 heavy (non-hydrogen) atoms. The summed E-state index contributed by atoms with van der Waals surface area (Å²) in [6.45, 7) is 0.0774. The molecule has 4 unspecified atom stereocenters. The molecule has 0 aliphatic heterocycles. The Morgan fingerprint density at radius 1 is 0.800 bits per heavy atom. The quantitative estimate of drug-likeness (QED) is 0.0493. The van der Waals surface area contributed by atoms with Gasteiger partial charge in [0.2, 0.25) is 23.6 Å². The molecule has 14 N–H and O–H groups in total. The molecule has 1 rings (SSSR count). The Labute approximate surface area is 228 Å². The largest absolute Gasteiger partial charge is 0.508 e. The van der Waals surface area contributed by atoms with Gasteiger partial charge in [0.05, 0.1) is 18.9 Å². The van der Waals surface area contributed by atoms with Gasteiger partial charge in [0.25, 0.3) is 0 Å². The molecule has 0 aliphatic rings. The number of hydrogen-bond acceptors (Lipinski definition) is 9. The molecule has 1 aromatic carbocycles. The third-order valence-electron chi connectivity index (χ3n) is 5.34. The van der Waals surface area contributed by atoms with Crippen LogP contribution in [0.4, 0.5) is 0 Å². The average molecular weight is 567 g/mol. The van der Waals surface area contributed by atoms with Gasteiger partial charge in [0, 0.05) is 6.54 Å². The van der Waals surface area contributed by atoms with Gasteiger partial charge in [0.1, 0.15) is 23.9 Å². The molecule has 0 fully saturated rings. The average Bonchev–Trinajstić information content (AvgIpc) is 2.85. The van der Waals surface area contributed by atoms with Crippen molar-refractivity contribution in [1.29, 1.82) is 0 Å². The lowest BCUT2D eigenvalue weighted by molar-refractivity contribution is -0.144. The van der Waals surface area contributed by atoms with E-state index in [9.17, 15) is 44.1 Å². The molecular weight excluding hydrogens is 532 g/mol. The van der Waals surface area contributed by atoms with Crippen molar-refractivity contribution in [3.8, 4) is 5.75 Å². The normalized spacial score (nSPS) is 13.5. The number of carbonyl (C=O) groups excluding carboxylic acids is 4. The fourth-order valence-corrected chi connectivity index (χ4v) is 3.36. The summed E-state index contributed by atoms with van der Waals surface area (Å²) in [4.78, 5) is 76.1. The van der Waals surface area contributed by atoms with E-state index in [1.54, 1.807) is 12.1 Å². The molecule has 0 aromatic heterocycles. The third kappa shape index (κ3) is 12.5. The number of nitrogens with zero attached hydrogens (tertiary/aromatic N) is 1. The lowest BCUT2D eigenvalue weighted by atomic mass is 10.0. The monoisotopic (exact) mass is 566 g/mol. The highest BCUT2D eigenvalue weighted by Crippen LogP contribution is 2.11. The lowest BCUT2D eigenvalue weighted by Crippen LogP contribution is -2.57. The van der Waals surface area contributed by atoms with E-state index in [1.165, 1.54) is 12.1 Å². The van der Waals surface area contributed by atoms with Gasteiger partial charge < -0.3 is 54.2 Å². The minimum Gasteiger partial charge on any atom is -0.508 e. The maximum Gasteiger partial charge on any atom is 0.326 e. The van der Waals surface area contributed by atoms with Crippen molar-refractivity contribution in [2.24, 2.45) is 27.9 Å². The van der Waals surface area contributed by atoms with E-state index in [2.05, 4.69) is 15.6 Å². The summed E-state index contributed by atoms with van der Waals surface area (Å²) in [6, 6.07) is -0.0659. The topological polar surface area (TPSA) is 316 Å². The van der Waals surface area contributed by atoms with Gasteiger partial charge in [-0.3, -0.25) is 29.0 Å². The highest BCUT2D eigenvalue weighted by Gasteiger charge is 2.32. The summed E-state index contributed by atoms with van der Waals surface area (Å²) in [5.74, 6) is -7.28. The fourth-order valence-electron chi connectivity index (χ4n) is 3.36. The van der Waals surface area contributed by atoms with Gasteiger partial charge >= 0.3 is 11.9 Å². The molecule has 1 aromatic rings. The Balaban J connectivity index is 3.06. The van der Waals surface area contributed by atoms with E-state index in [1.807, 2.05) is 5.32 Å². The molecule has 0 saturated carbocycles. The predicted molar refractivity (Wildman–Crippen MR) is 139 cm³/mol. The number of nitrogens with two attached hydrogens (primary N) is 4. The van der Waals surface area contributed by atoms with Crippen LogP contribution in [0.1, 0.15) is 31.2 Å². The molecule has 0 saturated heterocycles. The molecule has 17 heteroatoms. The molecule has 0 radical (unpaired) electrons. The van der Waals surface area contributed by atoms with Crippen molar-refractivity contribution in [2.45, 2.75) is 56.3 Å². The van der Waals surface area contributed by atoms with Crippen molar-refractivity contribution in [2.75, 3.05) is 6.54 Å². The molecule has 4 amide bonds. The summed E-state index contributed by atoms with van der Waals surface area (Å²) < 4.78 is 0. The number of carbonyl (C=O) groups is 6. The highest BCUT2D eigenvalue weighted by atomic mass is 16.4. The fraction of sp³-hybridized carbons (Fsp3) is 0.435. The van der Waals surface area contributed by atoms with E-state index in [-0.39, 0.29) is 37.5 Å². The Hall–Kier alpha value is -4.93. The number of hydrogen-bond donors (Lipinski definition) is 10. The maximum absolute atomic E-state index is 13.1. The second-order valence-electron chi connectivity index (χ2n) is 8.72. The van der Waals surface area contributed by atoms with Gasteiger partial charge in [-0.15, -0.1) is 0 Å². The zero-order chi connectivity index (χ0) is 30.4. The van der Waals surface area contributed by atoms with E-state index >= 15 is 0 Å². The summed E-state index contributed by atoms with van der Waals surface area (Å²) in [7, 11) is 0. The van der Waals surface area contributed by atoms with Gasteiger partial charge in [-0.1, -0.05) is 12.1 Å². The number of aromatic hydroxyl groups is 1. The first-order valence-electron chi connectivity index (χ1n) is 11.9. The number of carboxylic acid groups (broad SMARTS) is 2. The molecule has 0 bridgehead atoms. The second kappa shape index (κ2) is 16.1. The molecule has 17 nitrogen and oxygen atoms in total.